The van der Waals surface area contributed by atoms with Crippen LogP contribution >= 0.6 is 0 Å². The molecule has 148 valence electrons. The third-order valence-corrected chi connectivity index (χ3v) is 4.76. The fraction of sp³-hybridized carbons (Fsp3) is 0.364. The zero-order chi connectivity index (χ0) is 20.1. The molecule has 6 nitrogen and oxygen atoms in total. The van der Waals surface area contributed by atoms with Gasteiger partial charge < -0.3 is 19.9 Å². The van der Waals surface area contributed by atoms with Gasteiger partial charge in [0.25, 0.3) is 0 Å². The molecule has 0 saturated heterocycles. The van der Waals surface area contributed by atoms with Gasteiger partial charge in [-0.15, -0.1) is 0 Å². The molecule has 3 rings (SSSR count). The van der Waals surface area contributed by atoms with Gasteiger partial charge in [0.2, 0.25) is 17.7 Å². The molecule has 1 heterocycles. The number of ketones is 2. The molecule has 0 radical (unpaired) electrons. The minimum absolute atomic E-state index is 0.0322. The highest BCUT2D eigenvalue weighted by Gasteiger charge is 2.40. The van der Waals surface area contributed by atoms with Crippen LogP contribution in [0.3, 0.4) is 0 Å². The quantitative estimate of drug-likeness (QED) is 0.512. The number of hydrogen-bond donors (Lipinski definition) is 2. The number of carbonyl (C=O) groups is 2. The second-order valence-corrected chi connectivity index (χ2v) is 6.90. The molecule has 3 atom stereocenters. The Bertz CT molecular complexity index is 836. The number of ether oxygens (including phenoxy) is 2. The zero-order valence-electron chi connectivity index (χ0n) is 16.1. The second-order valence-electron chi connectivity index (χ2n) is 6.90. The molecule has 0 amide bonds. The number of nitrogens with one attached hydrogen (secondary N) is 1. The Labute approximate surface area is 164 Å². The van der Waals surface area contributed by atoms with Crippen LogP contribution in [-0.2, 0) is 0 Å². The van der Waals surface area contributed by atoms with E-state index in [1.807, 2.05) is 6.92 Å². The molecule has 0 saturated carbocycles. The fourth-order valence-corrected chi connectivity index (χ4v) is 2.94. The lowest BCUT2D eigenvalue weighted by Crippen LogP contribution is -2.36. The summed E-state index contributed by atoms with van der Waals surface area (Å²) in [6, 6.07) is 13.9. The molecule has 3 unspecified atom stereocenters. The number of carbonyl (C=O) groups excluding carboxylic acids is 2. The van der Waals surface area contributed by atoms with E-state index in [4.69, 9.17) is 9.47 Å². The summed E-state index contributed by atoms with van der Waals surface area (Å²) in [6.07, 6.45) is -0.967. The van der Waals surface area contributed by atoms with Crippen molar-refractivity contribution in [1.29, 1.82) is 0 Å². The SMILES string of the molecule is CCC(C)NCC(O)COc1cccc2c1C(=O)C(C(=O)c1ccccc1)O2. The molecule has 2 aromatic rings. The van der Waals surface area contributed by atoms with E-state index in [1.54, 1.807) is 48.5 Å². The molecule has 0 bridgehead atoms. The number of aliphatic hydroxyl groups excluding tert-OH is 1. The highest BCUT2D eigenvalue weighted by molar-refractivity contribution is 6.22. The van der Waals surface area contributed by atoms with Gasteiger partial charge >= 0.3 is 0 Å². The summed E-state index contributed by atoms with van der Waals surface area (Å²) in [7, 11) is 0. The van der Waals surface area contributed by atoms with Crippen LogP contribution in [0, 0.1) is 0 Å². The molecule has 0 aromatic heterocycles. The van der Waals surface area contributed by atoms with Crippen LogP contribution < -0.4 is 14.8 Å². The van der Waals surface area contributed by atoms with Gasteiger partial charge in [0, 0.05) is 18.2 Å². The van der Waals surface area contributed by atoms with Crippen LogP contribution in [0.4, 0.5) is 0 Å². The molecule has 6 heteroatoms. The molecule has 1 aliphatic heterocycles. The van der Waals surface area contributed by atoms with Crippen molar-refractivity contribution >= 4 is 11.6 Å². The first-order valence-corrected chi connectivity index (χ1v) is 9.48. The summed E-state index contributed by atoms with van der Waals surface area (Å²) in [5, 5.41) is 13.3. The van der Waals surface area contributed by atoms with Crippen LogP contribution in [0.1, 0.15) is 41.0 Å². The largest absolute Gasteiger partial charge is 0.490 e. The summed E-state index contributed by atoms with van der Waals surface area (Å²) < 4.78 is 11.3. The number of benzene rings is 2. The van der Waals surface area contributed by atoms with Gasteiger partial charge in [-0.05, 0) is 25.5 Å². The topological polar surface area (TPSA) is 84.9 Å². The second kappa shape index (κ2) is 8.99. The highest BCUT2D eigenvalue weighted by Crippen LogP contribution is 2.36. The van der Waals surface area contributed by atoms with Crippen molar-refractivity contribution in [3.8, 4) is 11.5 Å². The third kappa shape index (κ3) is 4.40. The smallest absolute Gasteiger partial charge is 0.224 e. The molecule has 1 aliphatic rings. The summed E-state index contributed by atoms with van der Waals surface area (Å²) in [4.78, 5) is 25.5. The van der Waals surface area contributed by atoms with E-state index in [1.165, 1.54) is 0 Å². The number of hydrogen-bond acceptors (Lipinski definition) is 6. The van der Waals surface area contributed by atoms with Crippen LogP contribution in [0.25, 0.3) is 0 Å². The zero-order valence-corrected chi connectivity index (χ0v) is 16.1. The monoisotopic (exact) mass is 383 g/mol. The van der Waals surface area contributed by atoms with E-state index in [0.29, 0.717) is 29.6 Å². The lowest BCUT2D eigenvalue weighted by molar-refractivity contribution is 0.0717. The van der Waals surface area contributed by atoms with Gasteiger partial charge in [-0.1, -0.05) is 43.3 Å². The lowest BCUT2D eigenvalue weighted by atomic mass is 10.0. The number of fused-ring (bicyclic) bond motifs is 1. The van der Waals surface area contributed by atoms with Gasteiger partial charge in [0.15, 0.2) is 0 Å². The minimum atomic E-state index is -1.21. The molecular formula is C22H25NO5. The van der Waals surface area contributed by atoms with Crippen LogP contribution in [0.2, 0.25) is 0 Å². The average molecular weight is 383 g/mol. The van der Waals surface area contributed by atoms with Gasteiger partial charge in [-0.25, -0.2) is 0 Å². The van der Waals surface area contributed by atoms with Gasteiger partial charge in [0.05, 0.1) is 0 Å². The van der Waals surface area contributed by atoms with Crippen LogP contribution in [0.5, 0.6) is 11.5 Å². The van der Waals surface area contributed by atoms with E-state index in [2.05, 4.69) is 12.2 Å². The molecule has 2 N–H and O–H groups in total. The van der Waals surface area contributed by atoms with Crippen molar-refractivity contribution in [2.75, 3.05) is 13.2 Å². The van der Waals surface area contributed by atoms with E-state index in [9.17, 15) is 14.7 Å². The first-order chi connectivity index (χ1) is 13.5. The lowest BCUT2D eigenvalue weighted by Gasteiger charge is -2.17. The Kier molecular flexibility index (Phi) is 6.44. The molecule has 0 spiro atoms. The molecular weight excluding hydrogens is 358 g/mol. The number of Topliss-reactive ketones (excluding diaryl/α,β-unsaturated/α-hetero) is 2. The summed E-state index contributed by atoms with van der Waals surface area (Å²) in [5.74, 6) is -0.172. The third-order valence-electron chi connectivity index (χ3n) is 4.76. The van der Waals surface area contributed by atoms with Crippen molar-refractivity contribution in [2.24, 2.45) is 0 Å². The summed E-state index contributed by atoms with van der Waals surface area (Å²) in [5.41, 5.74) is 0.668. The van der Waals surface area contributed by atoms with Crippen molar-refractivity contribution in [3.05, 3.63) is 59.7 Å². The van der Waals surface area contributed by atoms with Crippen molar-refractivity contribution in [2.45, 2.75) is 38.5 Å². The maximum absolute atomic E-state index is 12.8. The number of rotatable bonds is 9. The first kappa shape index (κ1) is 20.0. The first-order valence-electron chi connectivity index (χ1n) is 9.48. The normalized spacial score (nSPS) is 17.5. The summed E-state index contributed by atoms with van der Waals surface area (Å²) >= 11 is 0. The van der Waals surface area contributed by atoms with Gasteiger partial charge in [-0.2, -0.15) is 0 Å². The van der Waals surface area contributed by atoms with Crippen molar-refractivity contribution < 1.29 is 24.2 Å². The van der Waals surface area contributed by atoms with Gasteiger partial charge in [0.1, 0.15) is 29.8 Å². The standard InChI is InChI=1S/C22H25NO5/c1-3-14(2)23-12-16(24)13-27-17-10-7-11-18-19(17)21(26)22(28-18)20(25)15-8-5-4-6-9-15/h4-11,14,16,22-24H,3,12-13H2,1-2H3. The predicted molar refractivity (Wildman–Crippen MR) is 105 cm³/mol. The Morgan fingerprint density at radius 2 is 1.96 bits per heavy atom. The maximum Gasteiger partial charge on any atom is 0.224 e. The molecule has 28 heavy (non-hydrogen) atoms. The van der Waals surface area contributed by atoms with E-state index in [-0.39, 0.29) is 18.0 Å². The fourth-order valence-electron chi connectivity index (χ4n) is 2.94. The van der Waals surface area contributed by atoms with Crippen molar-refractivity contribution in [1.82, 2.24) is 5.32 Å². The van der Waals surface area contributed by atoms with Gasteiger partial charge in [-0.3, -0.25) is 9.59 Å². The van der Waals surface area contributed by atoms with E-state index >= 15 is 0 Å². The maximum atomic E-state index is 12.8. The Balaban J connectivity index is 1.68. The molecule has 0 aliphatic carbocycles. The highest BCUT2D eigenvalue weighted by atomic mass is 16.5. The minimum Gasteiger partial charge on any atom is -0.490 e. The molecule has 2 aromatic carbocycles. The Morgan fingerprint density at radius 1 is 1.21 bits per heavy atom. The van der Waals surface area contributed by atoms with E-state index < -0.39 is 18.0 Å². The Morgan fingerprint density at radius 3 is 2.68 bits per heavy atom. The number of aliphatic hydroxyl groups is 1. The average Bonchev–Trinajstić information content (AvgIpc) is 3.07. The van der Waals surface area contributed by atoms with Crippen LogP contribution in [-0.4, -0.2) is 48.1 Å². The predicted octanol–water partition coefficient (Wildman–Crippen LogP) is 2.64. The summed E-state index contributed by atoms with van der Waals surface area (Å²) in [6.45, 7) is 4.53. The molecule has 0 fully saturated rings. The van der Waals surface area contributed by atoms with Crippen LogP contribution in [0.15, 0.2) is 48.5 Å². The van der Waals surface area contributed by atoms with E-state index in [0.717, 1.165) is 6.42 Å². The van der Waals surface area contributed by atoms with Crippen molar-refractivity contribution in [3.63, 3.8) is 0 Å². The Hall–Kier alpha value is -2.70.